The van der Waals surface area contributed by atoms with Crippen LogP contribution < -0.4 is 4.74 Å². The van der Waals surface area contributed by atoms with Crippen LogP contribution in [0.3, 0.4) is 0 Å². The monoisotopic (exact) mass is 283 g/mol. The van der Waals surface area contributed by atoms with E-state index in [1.54, 1.807) is 13.1 Å². The van der Waals surface area contributed by atoms with Crippen molar-refractivity contribution in [3.8, 4) is 11.9 Å². The maximum absolute atomic E-state index is 12.5. The lowest BCUT2D eigenvalue weighted by atomic mass is 10.1. The van der Waals surface area contributed by atoms with Gasteiger partial charge in [0.05, 0.1) is 19.6 Å². The van der Waals surface area contributed by atoms with Gasteiger partial charge in [-0.15, -0.1) is 0 Å². The number of carbonyl (C=O) groups is 1. The fourth-order valence-electron chi connectivity index (χ4n) is 2.08. The number of aromatic nitrogens is 1. The molecule has 0 radical (unpaired) electrons. The van der Waals surface area contributed by atoms with Crippen molar-refractivity contribution in [2.45, 2.75) is 19.4 Å². The standard InChI is InChI=1S/C16H17N3O2/c1-11(8-9-17)19(2)16(20)14-10-12-6-4-5-7-13(12)15(18-14)21-3/h4-7,10-11H,8H2,1-3H3. The summed E-state index contributed by atoms with van der Waals surface area (Å²) in [5.41, 5.74) is 0.317. The van der Waals surface area contributed by atoms with Gasteiger partial charge in [-0.2, -0.15) is 5.26 Å². The van der Waals surface area contributed by atoms with Crippen molar-refractivity contribution in [2.24, 2.45) is 0 Å². The van der Waals surface area contributed by atoms with Crippen LogP contribution in [0.2, 0.25) is 0 Å². The molecule has 5 heteroatoms. The molecule has 0 aliphatic rings. The summed E-state index contributed by atoms with van der Waals surface area (Å²) in [6, 6.07) is 11.3. The van der Waals surface area contributed by atoms with Crippen LogP contribution >= 0.6 is 0 Å². The largest absolute Gasteiger partial charge is 0.481 e. The highest BCUT2D eigenvalue weighted by Gasteiger charge is 2.20. The minimum absolute atomic E-state index is 0.165. The van der Waals surface area contributed by atoms with Crippen LogP contribution in [0.25, 0.3) is 10.8 Å². The van der Waals surface area contributed by atoms with Gasteiger partial charge in [0, 0.05) is 18.5 Å². The average Bonchev–Trinajstić information content (AvgIpc) is 2.52. The highest BCUT2D eigenvalue weighted by molar-refractivity contribution is 5.98. The van der Waals surface area contributed by atoms with Crippen LogP contribution in [0.4, 0.5) is 0 Å². The Bertz CT molecular complexity index is 706. The van der Waals surface area contributed by atoms with Crippen molar-refractivity contribution in [1.29, 1.82) is 5.26 Å². The Balaban J connectivity index is 2.42. The smallest absolute Gasteiger partial charge is 0.272 e. The molecule has 2 aromatic rings. The van der Waals surface area contributed by atoms with Gasteiger partial charge in [0.25, 0.3) is 5.91 Å². The second-order valence-corrected chi connectivity index (χ2v) is 4.87. The first-order valence-corrected chi connectivity index (χ1v) is 6.66. The molecule has 1 aromatic carbocycles. The Morgan fingerprint density at radius 2 is 2.19 bits per heavy atom. The van der Waals surface area contributed by atoms with Gasteiger partial charge >= 0.3 is 0 Å². The molecule has 0 bridgehead atoms. The Morgan fingerprint density at radius 1 is 1.48 bits per heavy atom. The summed E-state index contributed by atoms with van der Waals surface area (Å²) >= 11 is 0. The third-order valence-electron chi connectivity index (χ3n) is 3.49. The van der Waals surface area contributed by atoms with Crippen LogP contribution in [0.5, 0.6) is 5.88 Å². The quantitative estimate of drug-likeness (QED) is 0.865. The number of carbonyl (C=O) groups excluding carboxylic acids is 1. The van der Waals surface area contributed by atoms with Crippen molar-refractivity contribution >= 4 is 16.7 Å². The molecule has 1 aromatic heterocycles. The van der Waals surface area contributed by atoms with Gasteiger partial charge in [-0.05, 0) is 24.4 Å². The molecule has 1 heterocycles. The minimum atomic E-state index is -0.221. The Morgan fingerprint density at radius 3 is 2.86 bits per heavy atom. The molecule has 0 fully saturated rings. The normalized spacial score (nSPS) is 11.7. The number of pyridine rings is 1. The van der Waals surface area contributed by atoms with E-state index in [2.05, 4.69) is 11.1 Å². The van der Waals surface area contributed by atoms with Crippen molar-refractivity contribution in [1.82, 2.24) is 9.88 Å². The summed E-state index contributed by atoms with van der Waals surface area (Å²) in [6.07, 6.45) is 0.285. The lowest BCUT2D eigenvalue weighted by Crippen LogP contribution is -2.35. The molecule has 0 spiro atoms. The van der Waals surface area contributed by atoms with Gasteiger partial charge in [-0.25, -0.2) is 4.98 Å². The molecule has 1 atom stereocenters. The zero-order chi connectivity index (χ0) is 15.4. The van der Waals surface area contributed by atoms with Gasteiger partial charge < -0.3 is 9.64 Å². The molecule has 0 saturated carbocycles. The highest BCUT2D eigenvalue weighted by Crippen LogP contribution is 2.24. The molecule has 0 aliphatic heterocycles. The lowest BCUT2D eigenvalue weighted by molar-refractivity contribution is 0.0739. The number of nitrogens with zero attached hydrogens (tertiary/aromatic N) is 3. The first kappa shape index (κ1) is 14.8. The number of hydrogen-bond acceptors (Lipinski definition) is 4. The highest BCUT2D eigenvalue weighted by atomic mass is 16.5. The lowest BCUT2D eigenvalue weighted by Gasteiger charge is -2.22. The van der Waals surface area contributed by atoms with Crippen LogP contribution in [0.15, 0.2) is 30.3 Å². The fourth-order valence-corrected chi connectivity index (χ4v) is 2.08. The van der Waals surface area contributed by atoms with Crippen molar-refractivity contribution in [2.75, 3.05) is 14.2 Å². The molecule has 5 nitrogen and oxygen atoms in total. The van der Waals surface area contributed by atoms with Crippen molar-refractivity contribution in [3.63, 3.8) is 0 Å². The van der Waals surface area contributed by atoms with Crippen LogP contribution in [-0.2, 0) is 0 Å². The van der Waals surface area contributed by atoms with Gasteiger partial charge in [-0.1, -0.05) is 18.2 Å². The summed E-state index contributed by atoms with van der Waals surface area (Å²) in [4.78, 5) is 18.3. The maximum atomic E-state index is 12.5. The van der Waals surface area contributed by atoms with E-state index in [9.17, 15) is 4.79 Å². The first-order valence-electron chi connectivity index (χ1n) is 6.66. The molecule has 0 N–H and O–H groups in total. The summed E-state index contributed by atoms with van der Waals surface area (Å²) in [5, 5.41) is 10.5. The number of hydrogen-bond donors (Lipinski definition) is 0. The van der Waals surface area contributed by atoms with E-state index in [-0.39, 0.29) is 18.4 Å². The van der Waals surface area contributed by atoms with E-state index < -0.39 is 0 Å². The predicted octanol–water partition coefficient (Wildman–Crippen LogP) is 2.62. The van der Waals surface area contributed by atoms with E-state index in [1.807, 2.05) is 31.2 Å². The van der Waals surface area contributed by atoms with E-state index in [4.69, 9.17) is 10.00 Å². The van der Waals surface area contributed by atoms with Gasteiger partial charge in [-0.3, -0.25) is 4.79 Å². The van der Waals surface area contributed by atoms with E-state index in [0.717, 1.165) is 10.8 Å². The number of methoxy groups -OCH3 is 1. The number of amides is 1. The van der Waals surface area contributed by atoms with Crippen LogP contribution in [0.1, 0.15) is 23.8 Å². The molecular formula is C16H17N3O2. The third-order valence-corrected chi connectivity index (χ3v) is 3.49. The number of benzene rings is 1. The molecule has 108 valence electrons. The summed E-state index contributed by atoms with van der Waals surface area (Å²) in [5.74, 6) is 0.208. The minimum Gasteiger partial charge on any atom is -0.481 e. The van der Waals surface area contributed by atoms with Crippen LogP contribution in [0, 0.1) is 11.3 Å². The zero-order valence-corrected chi connectivity index (χ0v) is 12.3. The fraction of sp³-hybridized carbons (Fsp3) is 0.312. The molecular weight excluding hydrogens is 266 g/mol. The second kappa shape index (κ2) is 6.23. The number of ether oxygens (including phenoxy) is 1. The number of nitriles is 1. The third kappa shape index (κ3) is 2.95. The molecule has 21 heavy (non-hydrogen) atoms. The maximum Gasteiger partial charge on any atom is 0.272 e. The van der Waals surface area contributed by atoms with Crippen LogP contribution in [-0.4, -0.2) is 36.0 Å². The Labute approximate surface area is 123 Å². The summed E-state index contributed by atoms with van der Waals surface area (Å²) in [6.45, 7) is 1.83. The summed E-state index contributed by atoms with van der Waals surface area (Å²) < 4.78 is 5.27. The second-order valence-electron chi connectivity index (χ2n) is 4.87. The van der Waals surface area contributed by atoms with E-state index >= 15 is 0 Å². The van der Waals surface area contributed by atoms with E-state index in [0.29, 0.717) is 11.6 Å². The SMILES string of the molecule is COc1nc(C(=O)N(C)C(C)CC#N)cc2ccccc12. The predicted molar refractivity (Wildman–Crippen MR) is 80.1 cm³/mol. The van der Waals surface area contributed by atoms with Gasteiger partial charge in [0.15, 0.2) is 0 Å². The average molecular weight is 283 g/mol. The molecule has 0 saturated heterocycles. The van der Waals surface area contributed by atoms with Crippen molar-refractivity contribution in [3.05, 3.63) is 36.0 Å². The first-order chi connectivity index (χ1) is 10.1. The molecule has 0 aliphatic carbocycles. The van der Waals surface area contributed by atoms with Gasteiger partial charge in [0.1, 0.15) is 5.69 Å². The van der Waals surface area contributed by atoms with E-state index in [1.165, 1.54) is 12.0 Å². The van der Waals surface area contributed by atoms with Crippen molar-refractivity contribution < 1.29 is 9.53 Å². The van der Waals surface area contributed by atoms with Gasteiger partial charge in [0.2, 0.25) is 5.88 Å². The number of fused-ring (bicyclic) bond motifs is 1. The Hall–Kier alpha value is -2.61. The molecule has 2 rings (SSSR count). The zero-order valence-electron chi connectivity index (χ0n) is 12.3. The molecule has 1 unspecified atom stereocenters. The number of rotatable bonds is 4. The topological polar surface area (TPSA) is 66.2 Å². The Kier molecular flexibility index (Phi) is 4.39. The molecule has 1 amide bonds. The summed E-state index contributed by atoms with van der Waals surface area (Å²) in [7, 11) is 3.21.